The first-order chi connectivity index (χ1) is 30.2. The van der Waals surface area contributed by atoms with Gasteiger partial charge in [0.15, 0.2) is 0 Å². The third-order valence-electron chi connectivity index (χ3n) is 15.1. The lowest BCUT2D eigenvalue weighted by molar-refractivity contribution is 0.643. The molecule has 0 bridgehead atoms. The number of allylic oxidation sites excluding steroid dienone is 4. The number of nitrogens with zero attached hydrogens (tertiary/aromatic N) is 1. The Morgan fingerprint density at radius 1 is 0.532 bits per heavy atom. The lowest BCUT2D eigenvalue weighted by atomic mass is 9.55. The molecule has 6 heteroatoms. The number of thiophene rings is 2. The van der Waals surface area contributed by atoms with E-state index in [0.717, 1.165) is 16.6 Å². The van der Waals surface area contributed by atoms with Gasteiger partial charge < -0.3 is 8.98 Å². The summed E-state index contributed by atoms with van der Waals surface area (Å²) in [5.41, 5.74) is 11.3. The molecule has 3 aliphatic rings. The second kappa shape index (κ2) is 12.3. The van der Waals surface area contributed by atoms with Gasteiger partial charge in [0.05, 0.1) is 21.9 Å². The number of benzene rings is 6. The zero-order valence-corrected chi connectivity index (χ0v) is 38.8. The topological polar surface area (TPSA) is 18.1 Å². The molecule has 10 aromatic rings. The average molecular weight is 866 g/mol. The Labute approximate surface area is 371 Å². The highest BCUT2D eigenvalue weighted by atomic mass is 32.1. The Hall–Kier alpha value is -6.03. The summed E-state index contributed by atoms with van der Waals surface area (Å²) in [5, 5.41) is 14.2. The van der Waals surface area contributed by atoms with Gasteiger partial charge in [-0.2, -0.15) is 0 Å². The fourth-order valence-corrected chi connectivity index (χ4v) is 21.7. The smallest absolute Gasteiger partial charge is 0.136 e. The van der Waals surface area contributed by atoms with E-state index in [1.165, 1.54) is 96.1 Å². The second-order valence-electron chi connectivity index (χ2n) is 18.4. The molecule has 4 aromatic heterocycles. The predicted molar refractivity (Wildman–Crippen MR) is 270 cm³/mol. The monoisotopic (exact) mass is 865 g/mol. The summed E-state index contributed by atoms with van der Waals surface area (Å²) in [7, 11) is -4.34. The van der Waals surface area contributed by atoms with E-state index in [2.05, 4.69) is 200 Å². The minimum Gasteiger partial charge on any atom is -0.456 e. The van der Waals surface area contributed by atoms with E-state index in [1.54, 1.807) is 0 Å². The second-order valence-corrected chi connectivity index (χ2v) is 29.0. The van der Waals surface area contributed by atoms with Crippen LogP contribution in [0.2, 0.25) is 26.2 Å². The van der Waals surface area contributed by atoms with Gasteiger partial charge >= 0.3 is 0 Å². The Bertz CT molecular complexity index is 3610. The molecule has 2 aliphatic heterocycles. The van der Waals surface area contributed by atoms with Crippen molar-refractivity contribution in [2.45, 2.75) is 37.0 Å². The van der Waals surface area contributed by atoms with Gasteiger partial charge in [0, 0.05) is 31.3 Å². The molecule has 1 unspecified atom stereocenters. The zero-order chi connectivity index (χ0) is 41.9. The van der Waals surface area contributed by atoms with E-state index in [0.29, 0.717) is 0 Å². The van der Waals surface area contributed by atoms with Crippen LogP contribution in [0.4, 0.5) is 0 Å². The quantitative estimate of drug-likeness (QED) is 0.162. The Morgan fingerprint density at radius 2 is 1.15 bits per heavy atom. The van der Waals surface area contributed by atoms with E-state index in [4.69, 9.17) is 11.0 Å². The van der Waals surface area contributed by atoms with Crippen LogP contribution in [0.1, 0.15) is 37.6 Å². The highest BCUT2D eigenvalue weighted by Crippen LogP contribution is 2.66. The summed E-state index contributed by atoms with van der Waals surface area (Å²) < 4.78 is 9.08. The molecule has 2 nitrogen and oxygen atoms in total. The van der Waals surface area contributed by atoms with E-state index >= 15 is 0 Å². The van der Waals surface area contributed by atoms with Gasteiger partial charge in [-0.15, -0.1) is 22.7 Å². The Balaban J connectivity index is 1.26. The maximum Gasteiger partial charge on any atom is 0.136 e. The molecule has 1 aliphatic carbocycles. The summed E-state index contributed by atoms with van der Waals surface area (Å²) in [4.78, 5) is 2.78. The average Bonchev–Trinajstić information content (AvgIpc) is 4.11. The van der Waals surface area contributed by atoms with Crippen molar-refractivity contribution in [3.05, 3.63) is 225 Å². The number of para-hydroxylation sites is 2. The molecule has 0 saturated heterocycles. The first-order valence-corrected chi connectivity index (χ1v) is 29.3. The van der Waals surface area contributed by atoms with Crippen molar-refractivity contribution >= 4 is 98.1 Å². The van der Waals surface area contributed by atoms with Crippen LogP contribution in [0, 0.1) is 0 Å². The molecule has 0 N–H and O–H groups in total. The van der Waals surface area contributed by atoms with Crippen LogP contribution in [-0.4, -0.2) is 20.7 Å². The molecule has 0 amide bonds. The normalized spacial score (nSPS) is 18.8. The molecule has 13 rings (SSSR count). The van der Waals surface area contributed by atoms with Gasteiger partial charge in [-0.25, -0.2) is 0 Å². The van der Waals surface area contributed by atoms with Crippen LogP contribution >= 0.6 is 22.7 Å². The van der Waals surface area contributed by atoms with E-state index in [1.807, 2.05) is 22.7 Å². The van der Waals surface area contributed by atoms with Crippen molar-refractivity contribution in [3.63, 3.8) is 0 Å². The van der Waals surface area contributed by atoms with Crippen molar-refractivity contribution in [1.29, 1.82) is 0 Å². The molecular weight excluding hydrogens is 823 g/mol. The third-order valence-corrected chi connectivity index (χ3v) is 24.5. The predicted octanol–water partition coefficient (Wildman–Crippen LogP) is 13.1. The van der Waals surface area contributed by atoms with E-state index in [-0.39, 0.29) is 0 Å². The Morgan fingerprint density at radius 3 is 1.84 bits per heavy atom. The molecular formula is C56H43NOS2Si2. The minimum absolute atomic E-state index is 0.540. The summed E-state index contributed by atoms with van der Waals surface area (Å²) in [6.45, 7) is 19.4. The lowest BCUT2D eigenvalue weighted by Crippen LogP contribution is -2.64. The van der Waals surface area contributed by atoms with Crippen LogP contribution in [-0.2, 0) is 10.8 Å². The maximum atomic E-state index is 6.52. The Kier molecular flexibility index (Phi) is 7.28. The molecule has 2 spiro atoms. The fraction of sp³-hybridized carbons (Fsp3) is 0.107. The number of hydrogen-bond acceptors (Lipinski definition) is 3. The largest absolute Gasteiger partial charge is 0.456 e. The van der Waals surface area contributed by atoms with Crippen molar-refractivity contribution in [3.8, 4) is 5.00 Å². The maximum absolute atomic E-state index is 6.52. The van der Waals surface area contributed by atoms with Gasteiger partial charge in [-0.1, -0.05) is 166 Å². The first kappa shape index (κ1) is 36.6. The van der Waals surface area contributed by atoms with Crippen LogP contribution in [0.5, 0.6) is 0 Å². The van der Waals surface area contributed by atoms with Crippen LogP contribution in [0.25, 0.3) is 48.7 Å². The van der Waals surface area contributed by atoms with Crippen molar-refractivity contribution < 1.29 is 4.42 Å². The van der Waals surface area contributed by atoms with Crippen LogP contribution < -0.4 is 15.6 Å². The van der Waals surface area contributed by atoms with Gasteiger partial charge in [0.25, 0.3) is 0 Å². The number of hydrogen-bond donors (Lipinski definition) is 0. The third kappa shape index (κ3) is 4.11. The highest BCUT2D eigenvalue weighted by Gasteiger charge is 2.62. The highest BCUT2D eigenvalue weighted by molar-refractivity contribution is 7.15. The van der Waals surface area contributed by atoms with Crippen LogP contribution in [0.15, 0.2) is 191 Å². The number of rotatable bonds is 3. The van der Waals surface area contributed by atoms with Gasteiger partial charge in [0.2, 0.25) is 0 Å². The van der Waals surface area contributed by atoms with E-state index in [9.17, 15) is 0 Å². The zero-order valence-electron chi connectivity index (χ0n) is 35.2. The molecule has 0 fully saturated rings. The van der Waals surface area contributed by atoms with Gasteiger partial charge in [-0.05, 0) is 90.7 Å². The summed E-state index contributed by atoms with van der Waals surface area (Å²) in [5.74, 6) is 0. The lowest BCUT2D eigenvalue weighted by Gasteiger charge is -2.54. The molecule has 6 aromatic carbocycles. The minimum atomic E-state index is -2.21. The number of fused-ring (bicyclic) bond motifs is 19. The summed E-state index contributed by atoms with van der Waals surface area (Å²) >= 11 is 3.91. The molecule has 62 heavy (non-hydrogen) atoms. The van der Waals surface area contributed by atoms with E-state index < -0.39 is 27.0 Å². The molecule has 0 radical (unpaired) electrons. The van der Waals surface area contributed by atoms with Crippen LogP contribution in [0.3, 0.4) is 0 Å². The molecule has 298 valence electrons. The van der Waals surface area contributed by atoms with Crippen molar-refractivity contribution in [1.82, 2.24) is 4.57 Å². The number of aromatic nitrogens is 1. The molecule has 0 saturated carbocycles. The van der Waals surface area contributed by atoms with Gasteiger partial charge in [0.1, 0.15) is 32.3 Å². The summed E-state index contributed by atoms with van der Waals surface area (Å²) in [6, 6.07) is 55.3. The van der Waals surface area contributed by atoms with Crippen molar-refractivity contribution in [2.24, 2.45) is 0 Å². The fourth-order valence-electron chi connectivity index (χ4n) is 12.6. The summed E-state index contributed by atoms with van der Waals surface area (Å²) in [6.07, 6.45) is 4.38. The SMILES string of the molecule is C=CC1=C(C=C)[Si](C)(C)c2ccccc2C12c1ccsc1C1(c3ccccc3[Si](C)(C)c3ccccc31)c1cc(-n3c4ccccc4c4c5c(ccc43)oc3ccccc35)sc12. The molecule has 1 atom stereocenters. The first-order valence-electron chi connectivity index (χ1n) is 21.6. The van der Waals surface area contributed by atoms with Crippen molar-refractivity contribution in [2.75, 3.05) is 0 Å². The number of furan rings is 1. The standard InChI is InChI=1S/C56H43NOS2Si2/c1-7-36-46(8-2)61(3,4)47-26-16-11-21-37(47)55(36)40-31-32-59-53(40)56(38-22-12-17-27-48(38)62(5,6)49-28-18-13-23-39(49)56)41-33-50(60-54(41)55)57-42-24-14-9-19-34(42)51-43(57)29-30-45-52(51)35-20-10-15-25-44(35)58-45/h7-33H,1-2H2,3-6H3. The van der Waals surface area contributed by atoms with Gasteiger partial charge in [-0.3, -0.25) is 0 Å². The molecule has 6 heterocycles.